The summed E-state index contributed by atoms with van der Waals surface area (Å²) in [5.74, 6) is 1.53. The van der Waals surface area contributed by atoms with Crippen molar-refractivity contribution in [1.82, 2.24) is 0 Å². The number of carbonyl (C=O) groups excluding carboxylic acids is 1. The molecule has 0 fully saturated rings. The molecule has 2 aromatic carbocycles. The first-order chi connectivity index (χ1) is 9.45. The summed E-state index contributed by atoms with van der Waals surface area (Å²) in [7, 11) is 0. The number of carbonyl (C=O) groups is 1. The quantitative estimate of drug-likeness (QED) is 0.893. The topological polar surface area (TPSA) is 38.3 Å². The Kier molecular flexibility index (Phi) is 4.08. The van der Waals surface area contributed by atoms with Gasteiger partial charge in [-0.2, -0.15) is 0 Å². The van der Waals surface area contributed by atoms with Gasteiger partial charge in [-0.3, -0.25) is 4.79 Å². The maximum Gasteiger partial charge on any atom is 0.229 e. The average Bonchev–Trinajstić information content (AvgIpc) is 2.41. The fraction of sp³-hybridized carbons (Fsp3) is 0.235. The molecular formula is C17H19NO2. The van der Waals surface area contributed by atoms with Gasteiger partial charge in [0.25, 0.3) is 0 Å². The van der Waals surface area contributed by atoms with Crippen molar-refractivity contribution in [3.05, 3.63) is 54.6 Å². The van der Waals surface area contributed by atoms with Gasteiger partial charge in [-0.05, 0) is 36.4 Å². The second-order valence-electron chi connectivity index (χ2n) is 5.64. The Morgan fingerprint density at radius 2 is 1.45 bits per heavy atom. The molecule has 20 heavy (non-hydrogen) atoms. The molecule has 0 unspecified atom stereocenters. The molecule has 0 radical (unpaired) electrons. The van der Waals surface area contributed by atoms with E-state index in [1.54, 1.807) is 0 Å². The van der Waals surface area contributed by atoms with Crippen LogP contribution in [0.25, 0.3) is 0 Å². The number of amides is 1. The van der Waals surface area contributed by atoms with Gasteiger partial charge in [0.1, 0.15) is 11.5 Å². The second kappa shape index (κ2) is 5.78. The number of rotatable bonds is 3. The summed E-state index contributed by atoms with van der Waals surface area (Å²) in [6.45, 7) is 5.65. The largest absolute Gasteiger partial charge is 0.457 e. The fourth-order valence-electron chi connectivity index (χ4n) is 1.55. The Hall–Kier alpha value is -2.29. The number of anilines is 1. The van der Waals surface area contributed by atoms with E-state index in [1.165, 1.54) is 0 Å². The van der Waals surface area contributed by atoms with E-state index >= 15 is 0 Å². The number of benzene rings is 2. The monoisotopic (exact) mass is 269 g/mol. The van der Waals surface area contributed by atoms with Crippen molar-refractivity contribution in [1.29, 1.82) is 0 Å². The zero-order valence-electron chi connectivity index (χ0n) is 12.0. The van der Waals surface area contributed by atoms with E-state index in [-0.39, 0.29) is 5.91 Å². The van der Waals surface area contributed by atoms with Crippen LogP contribution in [-0.4, -0.2) is 5.91 Å². The SMILES string of the molecule is CC(C)(C)C(=O)Nc1ccc(Oc2ccccc2)cc1. The number of ether oxygens (including phenoxy) is 1. The lowest BCUT2D eigenvalue weighted by atomic mass is 9.95. The minimum absolute atomic E-state index is 0.00534. The normalized spacial score (nSPS) is 10.9. The molecule has 1 amide bonds. The third kappa shape index (κ3) is 3.85. The lowest BCUT2D eigenvalue weighted by Gasteiger charge is -2.17. The molecule has 1 N–H and O–H groups in total. The Bertz CT molecular complexity index is 568. The first-order valence-electron chi connectivity index (χ1n) is 6.59. The highest BCUT2D eigenvalue weighted by molar-refractivity contribution is 5.94. The van der Waals surface area contributed by atoms with Crippen molar-refractivity contribution in [2.75, 3.05) is 5.32 Å². The molecule has 0 aromatic heterocycles. The minimum Gasteiger partial charge on any atom is -0.457 e. The van der Waals surface area contributed by atoms with Gasteiger partial charge in [0.15, 0.2) is 0 Å². The van der Waals surface area contributed by atoms with Crippen LogP contribution in [0, 0.1) is 5.41 Å². The van der Waals surface area contributed by atoms with Gasteiger partial charge in [-0.15, -0.1) is 0 Å². The molecule has 2 rings (SSSR count). The zero-order valence-corrected chi connectivity index (χ0v) is 12.0. The summed E-state index contributed by atoms with van der Waals surface area (Å²) in [6.07, 6.45) is 0. The van der Waals surface area contributed by atoms with Crippen LogP contribution >= 0.6 is 0 Å². The van der Waals surface area contributed by atoms with E-state index in [2.05, 4.69) is 5.32 Å². The van der Waals surface area contributed by atoms with Crippen LogP contribution in [0.3, 0.4) is 0 Å². The van der Waals surface area contributed by atoms with Crippen LogP contribution in [0.1, 0.15) is 20.8 Å². The van der Waals surface area contributed by atoms with Crippen LogP contribution in [0.4, 0.5) is 5.69 Å². The van der Waals surface area contributed by atoms with Crippen LogP contribution in [0.5, 0.6) is 11.5 Å². The highest BCUT2D eigenvalue weighted by Gasteiger charge is 2.20. The van der Waals surface area contributed by atoms with Crippen LogP contribution < -0.4 is 10.1 Å². The summed E-state index contributed by atoms with van der Waals surface area (Å²) in [4.78, 5) is 11.9. The Morgan fingerprint density at radius 1 is 0.900 bits per heavy atom. The number of hydrogen-bond donors (Lipinski definition) is 1. The first kappa shape index (κ1) is 14.1. The van der Waals surface area contributed by atoms with Crippen LogP contribution in [0.15, 0.2) is 54.6 Å². The predicted molar refractivity (Wildman–Crippen MR) is 81.0 cm³/mol. The zero-order chi connectivity index (χ0) is 14.6. The van der Waals surface area contributed by atoms with Crippen molar-refractivity contribution < 1.29 is 9.53 Å². The summed E-state index contributed by atoms with van der Waals surface area (Å²) in [5, 5.41) is 2.88. The van der Waals surface area contributed by atoms with E-state index in [4.69, 9.17) is 4.74 Å². The summed E-state index contributed by atoms with van der Waals surface area (Å²) in [6, 6.07) is 16.9. The van der Waals surface area contributed by atoms with Crippen molar-refractivity contribution >= 4 is 11.6 Å². The molecule has 0 saturated carbocycles. The van der Waals surface area contributed by atoms with E-state index in [0.717, 1.165) is 17.2 Å². The first-order valence-corrected chi connectivity index (χ1v) is 6.59. The van der Waals surface area contributed by atoms with Gasteiger partial charge in [0, 0.05) is 11.1 Å². The number of hydrogen-bond acceptors (Lipinski definition) is 2. The summed E-state index contributed by atoms with van der Waals surface area (Å²) >= 11 is 0. The van der Waals surface area contributed by atoms with E-state index in [1.807, 2.05) is 75.4 Å². The van der Waals surface area contributed by atoms with E-state index < -0.39 is 5.41 Å². The Morgan fingerprint density at radius 3 is 2.00 bits per heavy atom. The Labute approximate surface area is 119 Å². The number of para-hydroxylation sites is 1. The lowest BCUT2D eigenvalue weighted by molar-refractivity contribution is -0.123. The van der Waals surface area contributed by atoms with Gasteiger partial charge in [0.2, 0.25) is 5.91 Å². The fourth-order valence-corrected chi connectivity index (χ4v) is 1.55. The smallest absolute Gasteiger partial charge is 0.229 e. The molecule has 0 heterocycles. The molecule has 0 aliphatic carbocycles. The third-order valence-corrected chi connectivity index (χ3v) is 2.77. The standard InChI is InChI=1S/C17H19NO2/c1-17(2,3)16(19)18-13-9-11-15(12-10-13)20-14-7-5-4-6-8-14/h4-12H,1-3H3,(H,18,19). The second-order valence-corrected chi connectivity index (χ2v) is 5.64. The highest BCUT2D eigenvalue weighted by atomic mass is 16.5. The van der Waals surface area contributed by atoms with Gasteiger partial charge in [-0.1, -0.05) is 39.0 Å². The summed E-state index contributed by atoms with van der Waals surface area (Å²) < 4.78 is 5.69. The maximum absolute atomic E-state index is 11.9. The van der Waals surface area contributed by atoms with Gasteiger partial charge < -0.3 is 10.1 Å². The number of nitrogens with one attached hydrogen (secondary N) is 1. The molecule has 0 spiro atoms. The molecule has 3 nitrogen and oxygen atoms in total. The van der Waals surface area contributed by atoms with Gasteiger partial charge >= 0.3 is 0 Å². The van der Waals surface area contributed by atoms with Crippen molar-refractivity contribution in [3.8, 4) is 11.5 Å². The predicted octanol–water partition coefficient (Wildman–Crippen LogP) is 4.46. The molecule has 0 atom stereocenters. The summed E-state index contributed by atoms with van der Waals surface area (Å²) in [5.41, 5.74) is 0.365. The van der Waals surface area contributed by atoms with E-state index in [9.17, 15) is 4.79 Å². The van der Waals surface area contributed by atoms with Crippen LogP contribution in [-0.2, 0) is 4.79 Å². The van der Waals surface area contributed by atoms with Crippen molar-refractivity contribution in [2.45, 2.75) is 20.8 Å². The lowest BCUT2D eigenvalue weighted by Crippen LogP contribution is -2.27. The third-order valence-electron chi connectivity index (χ3n) is 2.77. The van der Waals surface area contributed by atoms with Gasteiger partial charge in [-0.25, -0.2) is 0 Å². The van der Waals surface area contributed by atoms with Crippen molar-refractivity contribution in [3.63, 3.8) is 0 Å². The molecule has 3 heteroatoms. The molecule has 104 valence electrons. The molecule has 0 saturated heterocycles. The van der Waals surface area contributed by atoms with Gasteiger partial charge in [0.05, 0.1) is 0 Å². The Balaban J connectivity index is 2.02. The van der Waals surface area contributed by atoms with Crippen LogP contribution in [0.2, 0.25) is 0 Å². The van der Waals surface area contributed by atoms with E-state index in [0.29, 0.717) is 0 Å². The highest BCUT2D eigenvalue weighted by Crippen LogP contribution is 2.23. The molecule has 2 aromatic rings. The molecule has 0 aliphatic rings. The molecular weight excluding hydrogens is 250 g/mol. The molecule has 0 bridgehead atoms. The van der Waals surface area contributed by atoms with Crippen molar-refractivity contribution in [2.24, 2.45) is 5.41 Å². The average molecular weight is 269 g/mol. The molecule has 0 aliphatic heterocycles. The maximum atomic E-state index is 11.9. The minimum atomic E-state index is -0.404.